The van der Waals surface area contributed by atoms with Gasteiger partial charge in [-0.3, -0.25) is 15.3 Å². The second-order valence-corrected chi connectivity index (χ2v) is 4.78. The molecule has 4 N–H and O–H groups in total. The largest absolute Gasteiger partial charge is 0.394 e. The fourth-order valence-electron chi connectivity index (χ4n) is 2.02. The van der Waals surface area contributed by atoms with Crippen LogP contribution in [0.2, 0.25) is 0 Å². The molecular weight excluding hydrogens is 334 g/mol. The molecule has 0 bridgehead atoms. The van der Waals surface area contributed by atoms with Crippen molar-refractivity contribution in [1.82, 2.24) is 9.55 Å². The fourth-order valence-corrected chi connectivity index (χ4v) is 2.30. The van der Waals surface area contributed by atoms with Crippen LogP contribution in [-0.2, 0) is 4.74 Å². The molecular formula is C11H14BrN3O5. The first-order chi connectivity index (χ1) is 9.60. The van der Waals surface area contributed by atoms with Gasteiger partial charge in [-0.05, 0) is 11.1 Å². The van der Waals surface area contributed by atoms with Crippen LogP contribution in [0.4, 0.5) is 5.82 Å². The molecule has 8 nitrogen and oxygen atoms in total. The Morgan fingerprint density at radius 1 is 1.65 bits per heavy atom. The van der Waals surface area contributed by atoms with Gasteiger partial charge in [0.15, 0.2) is 5.82 Å². The minimum Gasteiger partial charge on any atom is -0.394 e. The van der Waals surface area contributed by atoms with Gasteiger partial charge >= 0.3 is 5.69 Å². The Balaban J connectivity index is 2.38. The van der Waals surface area contributed by atoms with Gasteiger partial charge in [0.05, 0.1) is 12.7 Å². The summed E-state index contributed by atoms with van der Waals surface area (Å²) in [6, 6.07) is 0. The second-order valence-electron chi connectivity index (χ2n) is 4.25. The summed E-state index contributed by atoms with van der Waals surface area (Å²) in [5, 5.41) is 27.7. The summed E-state index contributed by atoms with van der Waals surface area (Å²) >= 11 is 3.10. The third-order valence-corrected chi connectivity index (χ3v) is 3.29. The lowest BCUT2D eigenvalue weighted by Crippen LogP contribution is -2.28. The van der Waals surface area contributed by atoms with Crippen molar-refractivity contribution >= 4 is 27.8 Å². The Morgan fingerprint density at radius 3 is 2.95 bits per heavy atom. The van der Waals surface area contributed by atoms with Gasteiger partial charge in [0, 0.05) is 18.2 Å². The number of rotatable bonds is 4. The van der Waals surface area contributed by atoms with Crippen LogP contribution >= 0.6 is 15.9 Å². The molecule has 20 heavy (non-hydrogen) atoms. The fraction of sp³-hybridized carbons (Fsp3) is 0.455. The smallest absolute Gasteiger partial charge is 0.351 e. The van der Waals surface area contributed by atoms with Gasteiger partial charge in [0.25, 0.3) is 0 Å². The number of nitrogens with one attached hydrogen (secondary N) is 1. The Hall–Kier alpha value is -1.26. The van der Waals surface area contributed by atoms with Crippen molar-refractivity contribution in [3.63, 3.8) is 0 Å². The van der Waals surface area contributed by atoms with E-state index in [9.17, 15) is 9.90 Å². The highest BCUT2D eigenvalue weighted by molar-refractivity contribution is 9.11. The van der Waals surface area contributed by atoms with E-state index in [-0.39, 0.29) is 18.8 Å². The van der Waals surface area contributed by atoms with Gasteiger partial charge in [-0.1, -0.05) is 15.9 Å². The predicted molar refractivity (Wildman–Crippen MR) is 73.5 cm³/mol. The molecule has 0 aromatic carbocycles. The average Bonchev–Trinajstić information content (AvgIpc) is 2.81. The zero-order chi connectivity index (χ0) is 14.7. The Labute approximate surface area is 122 Å². The molecule has 110 valence electrons. The maximum Gasteiger partial charge on any atom is 0.351 e. The Morgan fingerprint density at radius 2 is 2.40 bits per heavy atom. The molecule has 9 heteroatoms. The lowest BCUT2D eigenvalue weighted by Gasteiger charge is -2.15. The summed E-state index contributed by atoms with van der Waals surface area (Å²) in [5.74, 6) is 0.0132. The van der Waals surface area contributed by atoms with Crippen molar-refractivity contribution in [3.05, 3.63) is 27.2 Å². The summed E-state index contributed by atoms with van der Waals surface area (Å²) in [6.45, 7) is -0.329. The monoisotopic (exact) mass is 347 g/mol. The first-order valence-corrected chi connectivity index (χ1v) is 6.76. The molecule has 1 unspecified atom stereocenters. The van der Waals surface area contributed by atoms with E-state index >= 15 is 0 Å². The molecule has 2 rings (SSSR count). The van der Waals surface area contributed by atoms with Crippen LogP contribution in [0.25, 0.3) is 6.08 Å². The van der Waals surface area contributed by atoms with Crippen LogP contribution < -0.4 is 11.2 Å². The summed E-state index contributed by atoms with van der Waals surface area (Å²) in [4.78, 5) is 17.1. The van der Waals surface area contributed by atoms with Crippen molar-refractivity contribution in [2.24, 2.45) is 0 Å². The molecule has 0 aliphatic carbocycles. The standard InChI is InChI=1S/C11H14BrN3O5/c12-2-1-6-4-15(11(18)13-10(6)14-19)9-3-7(17)8(5-16)20-9/h1-2,4,7-9,16-17,19H,3,5H2,(H,13,14,18)/t7?,8-,9-/m1/s1. The minimum absolute atomic E-state index is 0.0132. The molecule has 2 heterocycles. The van der Waals surface area contributed by atoms with Crippen molar-refractivity contribution in [3.8, 4) is 0 Å². The van der Waals surface area contributed by atoms with Crippen LogP contribution in [0.3, 0.4) is 0 Å². The van der Waals surface area contributed by atoms with Crippen LogP contribution in [0.15, 0.2) is 16.0 Å². The summed E-state index contributed by atoms with van der Waals surface area (Å²) in [5.41, 5.74) is 1.66. The van der Waals surface area contributed by atoms with E-state index in [4.69, 9.17) is 15.1 Å². The summed E-state index contributed by atoms with van der Waals surface area (Å²) < 4.78 is 6.61. The molecule has 0 amide bonds. The topological polar surface area (TPSA) is 117 Å². The molecule has 1 aliphatic heterocycles. The van der Waals surface area contributed by atoms with Gasteiger partial charge in [-0.25, -0.2) is 4.79 Å². The molecule has 1 fully saturated rings. The first-order valence-electron chi connectivity index (χ1n) is 5.85. The quantitative estimate of drug-likeness (QED) is 0.568. The second kappa shape index (κ2) is 6.46. The van der Waals surface area contributed by atoms with Crippen molar-refractivity contribution in [2.75, 3.05) is 12.1 Å². The van der Waals surface area contributed by atoms with E-state index in [1.165, 1.54) is 10.8 Å². The summed E-state index contributed by atoms with van der Waals surface area (Å²) in [6.07, 6.45) is 0.924. The highest BCUT2D eigenvalue weighted by atomic mass is 79.9. The number of halogens is 1. The number of ether oxygens (including phenoxy) is 1. The van der Waals surface area contributed by atoms with E-state index in [0.717, 1.165) is 0 Å². The Kier molecular flexibility index (Phi) is 4.89. The van der Waals surface area contributed by atoms with Crippen molar-refractivity contribution < 1.29 is 20.2 Å². The molecule has 1 saturated heterocycles. The van der Waals surface area contributed by atoms with Crippen LogP contribution in [0.1, 0.15) is 18.2 Å². The highest BCUT2D eigenvalue weighted by Crippen LogP contribution is 2.28. The minimum atomic E-state index is -0.845. The maximum atomic E-state index is 11.9. The molecule has 0 radical (unpaired) electrons. The molecule has 1 aliphatic rings. The first kappa shape index (κ1) is 15.1. The normalized spacial score (nSPS) is 26.3. The number of aromatic nitrogens is 2. The van der Waals surface area contributed by atoms with E-state index in [2.05, 4.69) is 20.9 Å². The number of hydrogen-bond acceptors (Lipinski definition) is 7. The van der Waals surface area contributed by atoms with E-state index in [0.29, 0.717) is 5.56 Å². The van der Waals surface area contributed by atoms with Gasteiger partial charge in [-0.2, -0.15) is 4.98 Å². The predicted octanol–water partition coefficient (Wildman–Crippen LogP) is 0.0507. The van der Waals surface area contributed by atoms with Gasteiger partial charge in [0.2, 0.25) is 0 Å². The third-order valence-electron chi connectivity index (χ3n) is 3.02. The molecule has 1 aromatic rings. The third kappa shape index (κ3) is 2.91. The Bertz CT molecular complexity index is 561. The van der Waals surface area contributed by atoms with Gasteiger partial charge < -0.3 is 14.9 Å². The lowest BCUT2D eigenvalue weighted by atomic mass is 10.2. The number of aliphatic hydroxyl groups is 2. The number of nitrogens with zero attached hydrogens (tertiary/aromatic N) is 2. The van der Waals surface area contributed by atoms with Gasteiger partial charge in [0.1, 0.15) is 12.3 Å². The van der Waals surface area contributed by atoms with E-state index in [1.54, 1.807) is 11.1 Å². The lowest BCUT2D eigenvalue weighted by molar-refractivity contribution is -0.0458. The zero-order valence-electron chi connectivity index (χ0n) is 10.3. The average molecular weight is 348 g/mol. The molecule has 0 saturated carbocycles. The van der Waals surface area contributed by atoms with Crippen molar-refractivity contribution in [1.29, 1.82) is 0 Å². The SMILES string of the molecule is O=c1nc(NO)c(C=CBr)cn1[C@H]1CC(O)[C@@H](CO)O1. The number of hydrogen-bond donors (Lipinski definition) is 4. The van der Waals surface area contributed by atoms with Crippen molar-refractivity contribution in [2.45, 2.75) is 24.9 Å². The van der Waals surface area contributed by atoms with Crippen LogP contribution in [0.5, 0.6) is 0 Å². The van der Waals surface area contributed by atoms with Crippen LogP contribution in [-0.4, -0.2) is 43.8 Å². The number of anilines is 1. The number of aliphatic hydroxyl groups excluding tert-OH is 2. The zero-order valence-corrected chi connectivity index (χ0v) is 11.9. The summed E-state index contributed by atoms with van der Waals surface area (Å²) in [7, 11) is 0. The highest BCUT2D eigenvalue weighted by Gasteiger charge is 2.35. The van der Waals surface area contributed by atoms with E-state index < -0.39 is 24.1 Å². The molecule has 3 atom stereocenters. The van der Waals surface area contributed by atoms with E-state index in [1.807, 2.05) is 5.48 Å². The molecule has 0 spiro atoms. The van der Waals surface area contributed by atoms with Gasteiger partial charge in [-0.15, -0.1) is 0 Å². The maximum absolute atomic E-state index is 11.9. The van der Waals surface area contributed by atoms with Crippen LogP contribution in [0, 0.1) is 0 Å². The molecule has 1 aromatic heterocycles.